The zero-order valence-electron chi connectivity index (χ0n) is 14.1. The largest absolute Gasteiger partial charge is 0.495 e. The molecular formula is C18H20N2O4. The predicted octanol–water partition coefficient (Wildman–Crippen LogP) is 3.34. The van der Waals surface area contributed by atoms with E-state index in [4.69, 9.17) is 9.84 Å². The summed E-state index contributed by atoms with van der Waals surface area (Å²) in [5, 5.41) is 11.7. The highest BCUT2D eigenvalue weighted by atomic mass is 16.5. The first-order valence-corrected chi connectivity index (χ1v) is 7.41. The highest BCUT2D eigenvalue weighted by Gasteiger charge is 2.16. The third kappa shape index (κ3) is 3.90. The number of hydrogen-bond acceptors (Lipinski definition) is 4. The lowest BCUT2D eigenvalue weighted by atomic mass is 9.88. The molecule has 6 nitrogen and oxygen atoms in total. The summed E-state index contributed by atoms with van der Waals surface area (Å²) in [6.45, 7) is 6.20. The number of carboxylic acid groups (broad SMARTS) is 1. The Morgan fingerprint density at radius 3 is 2.38 bits per heavy atom. The van der Waals surface area contributed by atoms with E-state index in [1.165, 1.54) is 25.3 Å². The molecule has 24 heavy (non-hydrogen) atoms. The van der Waals surface area contributed by atoms with Crippen LogP contribution in [0.1, 0.15) is 47.2 Å². The Morgan fingerprint density at radius 1 is 1.17 bits per heavy atom. The summed E-state index contributed by atoms with van der Waals surface area (Å²) in [4.78, 5) is 27.5. The van der Waals surface area contributed by atoms with E-state index in [-0.39, 0.29) is 22.4 Å². The molecule has 0 atom stereocenters. The minimum absolute atomic E-state index is 0.0438. The van der Waals surface area contributed by atoms with Crippen LogP contribution in [0.15, 0.2) is 36.5 Å². The Labute approximate surface area is 140 Å². The lowest BCUT2D eigenvalue weighted by Crippen LogP contribution is -2.16. The van der Waals surface area contributed by atoms with E-state index >= 15 is 0 Å². The second-order valence-corrected chi connectivity index (χ2v) is 6.36. The number of methoxy groups -OCH3 is 1. The molecule has 0 unspecified atom stereocenters. The summed E-state index contributed by atoms with van der Waals surface area (Å²) >= 11 is 0. The zero-order valence-corrected chi connectivity index (χ0v) is 14.1. The van der Waals surface area contributed by atoms with Gasteiger partial charge in [0.05, 0.1) is 18.4 Å². The van der Waals surface area contributed by atoms with E-state index in [1.54, 1.807) is 12.3 Å². The van der Waals surface area contributed by atoms with Crippen LogP contribution in [0.25, 0.3) is 0 Å². The number of ether oxygens (including phenoxy) is 1. The first kappa shape index (κ1) is 17.5. The van der Waals surface area contributed by atoms with E-state index in [1.807, 2.05) is 6.07 Å². The van der Waals surface area contributed by atoms with Crippen molar-refractivity contribution in [2.24, 2.45) is 0 Å². The quantitative estimate of drug-likeness (QED) is 0.898. The van der Waals surface area contributed by atoms with Crippen molar-refractivity contribution < 1.29 is 19.4 Å². The van der Waals surface area contributed by atoms with Crippen molar-refractivity contribution in [3.63, 3.8) is 0 Å². The standard InChI is InChI=1S/C18H20N2O4/c1-18(2,3)12-6-8-14(19-10-12)16(21)20-13-7-5-11(17(22)23)9-15(13)24-4/h5-10H,1-4H3,(H,20,21)(H,22,23). The third-order valence-corrected chi connectivity index (χ3v) is 3.56. The van der Waals surface area contributed by atoms with Gasteiger partial charge < -0.3 is 15.2 Å². The number of pyridine rings is 1. The summed E-state index contributed by atoms with van der Waals surface area (Å²) in [5.41, 5.74) is 1.72. The number of rotatable bonds is 4. The van der Waals surface area contributed by atoms with Gasteiger partial charge in [0.15, 0.2) is 0 Å². The van der Waals surface area contributed by atoms with Crippen LogP contribution in [0, 0.1) is 0 Å². The molecule has 0 saturated carbocycles. The number of nitrogens with zero attached hydrogens (tertiary/aromatic N) is 1. The average Bonchev–Trinajstić information content (AvgIpc) is 2.54. The van der Waals surface area contributed by atoms with Crippen LogP contribution in [-0.4, -0.2) is 29.1 Å². The Hall–Kier alpha value is -2.89. The normalized spacial score (nSPS) is 11.0. The first-order chi connectivity index (χ1) is 11.2. The number of benzene rings is 1. The van der Waals surface area contributed by atoms with E-state index in [0.717, 1.165) is 5.56 Å². The van der Waals surface area contributed by atoms with Gasteiger partial charge in [-0.25, -0.2) is 4.79 Å². The SMILES string of the molecule is COc1cc(C(=O)O)ccc1NC(=O)c1ccc(C(C)(C)C)cn1. The lowest BCUT2D eigenvalue weighted by Gasteiger charge is -2.18. The maximum atomic E-state index is 12.3. The molecule has 0 spiro atoms. The van der Waals surface area contributed by atoms with Crippen LogP contribution in [0.4, 0.5) is 5.69 Å². The minimum Gasteiger partial charge on any atom is -0.495 e. The molecule has 0 aliphatic heterocycles. The second-order valence-electron chi connectivity index (χ2n) is 6.36. The highest BCUT2D eigenvalue weighted by Crippen LogP contribution is 2.26. The van der Waals surface area contributed by atoms with Crippen LogP contribution in [0.2, 0.25) is 0 Å². The van der Waals surface area contributed by atoms with Crippen LogP contribution in [-0.2, 0) is 5.41 Å². The number of amides is 1. The monoisotopic (exact) mass is 328 g/mol. The number of carbonyl (C=O) groups excluding carboxylic acids is 1. The van der Waals surface area contributed by atoms with Gasteiger partial charge in [0.2, 0.25) is 0 Å². The van der Waals surface area contributed by atoms with Gasteiger partial charge >= 0.3 is 5.97 Å². The molecule has 6 heteroatoms. The summed E-state index contributed by atoms with van der Waals surface area (Å²) in [6, 6.07) is 7.77. The molecule has 1 aromatic heterocycles. The molecule has 0 aliphatic rings. The fourth-order valence-electron chi connectivity index (χ4n) is 2.09. The second kappa shape index (κ2) is 6.70. The van der Waals surface area contributed by atoms with Gasteiger partial charge in [-0.2, -0.15) is 0 Å². The van der Waals surface area contributed by atoms with Gasteiger partial charge in [-0.15, -0.1) is 0 Å². The van der Waals surface area contributed by atoms with E-state index < -0.39 is 11.9 Å². The molecule has 0 radical (unpaired) electrons. The number of carbonyl (C=O) groups is 2. The van der Waals surface area contributed by atoms with Crippen molar-refractivity contribution in [2.75, 3.05) is 12.4 Å². The van der Waals surface area contributed by atoms with Crippen molar-refractivity contribution in [3.8, 4) is 5.75 Å². The zero-order chi connectivity index (χ0) is 17.9. The molecule has 1 aromatic carbocycles. The number of hydrogen-bond donors (Lipinski definition) is 2. The van der Waals surface area contributed by atoms with Gasteiger partial charge in [0, 0.05) is 6.20 Å². The molecular weight excluding hydrogens is 308 g/mol. The molecule has 2 N–H and O–H groups in total. The van der Waals surface area contributed by atoms with Crippen molar-refractivity contribution in [1.82, 2.24) is 4.98 Å². The Balaban J connectivity index is 2.22. The van der Waals surface area contributed by atoms with E-state index in [9.17, 15) is 9.59 Å². The van der Waals surface area contributed by atoms with Gasteiger partial charge in [0.1, 0.15) is 11.4 Å². The van der Waals surface area contributed by atoms with Crippen molar-refractivity contribution >= 4 is 17.6 Å². The topological polar surface area (TPSA) is 88.5 Å². The van der Waals surface area contributed by atoms with Gasteiger partial charge in [-0.1, -0.05) is 26.8 Å². The molecule has 2 aromatic rings. The van der Waals surface area contributed by atoms with Crippen LogP contribution >= 0.6 is 0 Å². The summed E-state index contributed by atoms with van der Waals surface area (Å²) in [6.07, 6.45) is 1.68. The number of anilines is 1. The van der Waals surface area contributed by atoms with Crippen LogP contribution in [0.3, 0.4) is 0 Å². The molecule has 1 amide bonds. The molecule has 0 aliphatic carbocycles. The lowest BCUT2D eigenvalue weighted by molar-refractivity contribution is 0.0696. The maximum Gasteiger partial charge on any atom is 0.335 e. The Bertz CT molecular complexity index is 762. The molecule has 1 heterocycles. The van der Waals surface area contributed by atoms with E-state index in [0.29, 0.717) is 5.69 Å². The number of carboxylic acids is 1. The van der Waals surface area contributed by atoms with Crippen molar-refractivity contribution in [3.05, 3.63) is 53.3 Å². The molecule has 0 saturated heterocycles. The Kier molecular flexibility index (Phi) is 4.87. The highest BCUT2D eigenvalue weighted by molar-refractivity contribution is 6.04. The van der Waals surface area contributed by atoms with Gasteiger partial charge in [-0.05, 0) is 35.2 Å². The van der Waals surface area contributed by atoms with Crippen molar-refractivity contribution in [2.45, 2.75) is 26.2 Å². The summed E-state index contributed by atoms with van der Waals surface area (Å²) in [7, 11) is 1.41. The Morgan fingerprint density at radius 2 is 1.88 bits per heavy atom. The third-order valence-electron chi connectivity index (χ3n) is 3.56. The molecule has 126 valence electrons. The fourth-order valence-corrected chi connectivity index (χ4v) is 2.09. The molecule has 0 bridgehead atoms. The summed E-state index contributed by atoms with van der Waals surface area (Å²) in [5.74, 6) is -1.18. The molecule has 2 rings (SSSR count). The van der Waals surface area contributed by atoms with Crippen LogP contribution in [0.5, 0.6) is 5.75 Å². The van der Waals surface area contributed by atoms with E-state index in [2.05, 4.69) is 31.1 Å². The van der Waals surface area contributed by atoms with Crippen molar-refractivity contribution in [1.29, 1.82) is 0 Å². The van der Waals surface area contributed by atoms with Crippen LogP contribution < -0.4 is 10.1 Å². The number of aromatic carboxylic acids is 1. The first-order valence-electron chi connectivity index (χ1n) is 7.41. The minimum atomic E-state index is -1.06. The van der Waals surface area contributed by atoms with Gasteiger partial charge in [-0.3, -0.25) is 9.78 Å². The average molecular weight is 328 g/mol. The molecule has 0 fully saturated rings. The van der Waals surface area contributed by atoms with Gasteiger partial charge in [0.25, 0.3) is 5.91 Å². The fraction of sp³-hybridized carbons (Fsp3) is 0.278. The predicted molar refractivity (Wildman–Crippen MR) is 90.8 cm³/mol. The smallest absolute Gasteiger partial charge is 0.335 e. The number of nitrogens with one attached hydrogen (secondary N) is 1. The number of aromatic nitrogens is 1. The summed E-state index contributed by atoms with van der Waals surface area (Å²) < 4.78 is 5.14. The maximum absolute atomic E-state index is 12.3.